The predicted octanol–water partition coefficient (Wildman–Crippen LogP) is 1.94. The van der Waals surface area contributed by atoms with Gasteiger partial charge in [-0.15, -0.1) is 11.3 Å². The molecule has 0 aliphatic carbocycles. The van der Waals surface area contributed by atoms with E-state index in [4.69, 9.17) is 5.73 Å². The number of thiophene rings is 1. The van der Waals surface area contributed by atoms with Gasteiger partial charge >= 0.3 is 0 Å². The highest BCUT2D eigenvalue weighted by Gasteiger charge is 2.19. The number of carbonyl (C=O) groups excluding carboxylic acids is 2. The van der Waals surface area contributed by atoms with Gasteiger partial charge in [0.05, 0.1) is 15.4 Å². The van der Waals surface area contributed by atoms with Gasteiger partial charge in [-0.3, -0.25) is 20.0 Å². The molecule has 2 heterocycles. The van der Waals surface area contributed by atoms with Crippen LogP contribution in [0.25, 0.3) is 0 Å². The van der Waals surface area contributed by atoms with Crippen LogP contribution in [-0.4, -0.2) is 18.4 Å². The van der Waals surface area contributed by atoms with Crippen LogP contribution in [-0.2, 0) is 6.42 Å². The molecule has 0 unspecified atom stereocenters. The molecule has 0 atom stereocenters. The Morgan fingerprint density at radius 3 is 2.67 bits per heavy atom. The maximum Gasteiger partial charge on any atom is 0.279 e. The molecule has 1 aromatic heterocycles. The normalized spacial score (nSPS) is 13.6. The Bertz CT molecular complexity index is 696. The van der Waals surface area contributed by atoms with E-state index >= 15 is 0 Å². The fraction of sp³-hybridized carbons (Fsp3) is 0.200. The van der Waals surface area contributed by atoms with Gasteiger partial charge in [0.2, 0.25) is 0 Å². The molecule has 1 aliphatic rings. The van der Waals surface area contributed by atoms with Crippen molar-refractivity contribution in [3.63, 3.8) is 0 Å². The number of anilines is 1. The van der Waals surface area contributed by atoms with Crippen molar-refractivity contribution in [2.45, 2.75) is 12.8 Å². The van der Waals surface area contributed by atoms with Crippen molar-refractivity contribution in [1.82, 2.24) is 5.43 Å². The lowest BCUT2D eigenvalue weighted by molar-refractivity contribution is 0.0951. The first-order chi connectivity index (χ1) is 10.1. The summed E-state index contributed by atoms with van der Waals surface area (Å²) in [6.07, 6.45) is 2.02. The molecule has 2 amide bonds. The summed E-state index contributed by atoms with van der Waals surface area (Å²) in [5.74, 6) is -0.730. The van der Waals surface area contributed by atoms with Gasteiger partial charge in [0, 0.05) is 6.54 Å². The molecule has 0 radical (unpaired) electrons. The molecule has 2 aromatic rings. The maximum absolute atomic E-state index is 12.3. The molecule has 3 rings (SSSR count). The van der Waals surface area contributed by atoms with Gasteiger partial charge in [0.15, 0.2) is 0 Å². The zero-order valence-electron chi connectivity index (χ0n) is 11.3. The van der Waals surface area contributed by atoms with E-state index in [2.05, 4.69) is 11.5 Å². The van der Waals surface area contributed by atoms with Crippen LogP contribution < -0.4 is 16.2 Å². The van der Waals surface area contributed by atoms with Crippen molar-refractivity contribution in [2.24, 2.45) is 5.73 Å². The van der Waals surface area contributed by atoms with E-state index < -0.39 is 5.91 Å². The SMILES string of the molecule is NC(=O)c1ccc(C(=O)NN2CCCc3ccccc32)s1. The number of hydrogen-bond donors (Lipinski definition) is 2. The number of fused-ring (bicyclic) bond motifs is 1. The second kappa shape index (κ2) is 5.57. The number of benzene rings is 1. The molecule has 1 aliphatic heterocycles. The number of primary amides is 1. The Morgan fingerprint density at radius 1 is 1.14 bits per heavy atom. The van der Waals surface area contributed by atoms with Gasteiger partial charge < -0.3 is 5.73 Å². The predicted molar refractivity (Wildman–Crippen MR) is 82.4 cm³/mol. The zero-order valence-corrected chi connectivity index (χ0v) is 12.2. The quantitative estimate of drug-likeness (QED) is 0.909. The molecule has 1 aromatic carbocycles. The number of nitrogens with two attached hydrogens (primary N) is 1. The lowest BCUT2D eigenvalue weighted by atomic mass is 10.0. The Balaban J connectivity index is 1.77. The Labute approximate surface area is 126 Å². The van der Waals surface area contributed by atoms with E-state index in [-0.39, 0.29) is 5.91 Å². The van der Waals surface area contributed by atoms with Crippen molar-refractivity contribution in [3.8, 4) is 0 Å². The number of hydrazine groups is 1. The van der Waals surface area contributed by atoms with Crippen LogP contribution in [0.1, 0.15) is 31.3 Å². The minimum absolute atomic E-state index is 0.218. The Kier molecular flexibility index (Phi) is 3.62. The van der Waals surface area contributed by atoms with Gasteiger partial charge in [-0.1, -0.05) is 18.2 Å². The highest BCUT2D eigenvalue weighted by molar-refractivity contribution is 7.15. The highest BCUT2D eigenvalue weighted by atomic mass is 32.1. The fourth-order valence-electron chi connectivity index (χ4n) is 2.42. The third kappa shape index (κ3) is 2.75. The molecule has 0 saturated heterocycles. The highest BCUT2D eigenvalue weighted by Crippen LogP contribution is 2.25. The van der Waals surface area contributed by atoms with E-state index in [0.717, 1.165) is 36.4 Å². The summed E-state index contributed by atoms with van der Waals surface area (Å²) in [5, 5.41) is 1.87. The van der Waals surface area contributed by atoms with E-state index in [1.807, 2.05) is 23.2 Å². The van der Waals surface area contributed by atoms with E-state index in [1.54, 1.807) is 12.1 Å². The second-order valence-corrected chi connectivity index (χ2v) is 5.94. The molecule has 108 valence electrons. The maximum atomic E-state index is 12.3. The van der Waals surface area contributed by atoms with Gasteiger partial charge in [-0.25, -0.2) is 0 Å². The first-order valence-corrected chi connectivity index (χ1v) is 7.53. The average Bonchev–Trinajstić information content (AvgIpc) is 2.98. The number of para-hydroxylation sites is 1. The average molecular weight is 301 g/mol. The summed E-state index contributed by atoms with van der Waals surface area (Å²) in [6.45, 7) is 0.775. The van der Waals surface area contributed by atoms with Crippen LogP contribution in [0.4, 0.5) is 5.69 Å². The largest absolute Gasteiger partial charge is 0.365 e. The summed E-state index contributed by atoms with van der Waals surface area (Å²) < 4.78 is 0. The first kappa shape index (κ1) is 13.6. The van der Waals surface area contributed by atoms with Crippen molar-refractivity contribution >= 4 is 28.8 Å². The number of amides is 2. The summed E-state index contributed by atoms with van der Waals surface area (Å²) in [6, 6.07) is 11.2. The monoisotopic (exact) mass is 301 g/mol. The van der Waals surface area contributed by atoms with Gasteiger partial charge in [-0.05, 0) is 36.6 Å². The van der Waals surface area contributed by atoms with Gasteiger partial charge in [-0.2, -0.15) is 0 Å². The number of carbonyl (C=O) groups is 2. The van der Waals surface area contributed by atoms with E-state index in [1.165, 1.54) is 5.56 Å². The minimum Gasteiger partial charge on any atom is -0.365 e. The molecular formula is C15H15N3O2S. The van der Waals surface area contributed by atoms with Crippen LogP contribution in [0, 0.1) is 0 Å². The summed E-state index contributed by atoms with van der Waals surface area (Å²) in [5.41, 5.74) is 10.4. The Hall–Kier alpha value is -2.34. The minimum atomic E-state index is -0.512. The number of nitrogens with one attached hydrogen (secondary N) is 1. The lowest BCUT2D eigenvalue weighted by Gasteiger charge is -2.31. The van der Waals surface area contributed by atoms with Crippen LogP contribution in [0.15, 0.2) is 36.4 Å². The van der Waals surface area contributed by atoms with Gasteiger partial charge in [0.25, 0.3) is 11.8 Å². The first-order valence-electron chi connectivity index (χ1n) is 6.71. The second-order valence-electron chi connectivity index (χ2n) is 4.85. The summed E-state index contributed by atoms with van der Waals surface area (Å²) in [4.78, 5) is 24.2. The molecule has 5 nitrogen and oxygen atoms in total. The van der Waals surface area contributed by atoms with Crippen molar-refractivity contribution in [1.29, 1.82) is 0 Å². The van der Waals surface area contributed by atoms with E-state index in [9.17, 15) is 9.59 Å². The molecule has 0 saturated carbocycles. The number of rotatable bonds is 3. The molecule has 0 bridgehead atoms. The molecule has 6 heteroatoms. The zero-order chi connectivity index (χ0) is 14.8. The lowest BCUT2D eigenvalue weighted by Crippen LogP contribution is -2.44. The van der Waals surface area contributed by atoms with E-state index in [0.29, 0.717) is 9.75 Å². The molecule has 3 N–H and O–H groups in total. The molecule has 0 fully saturated rings. The number of hydrogen-bond acceptors (Lipinski definition) is 4. The Morgan fingerprint density at radius 2 is 1.90 bits per heavy atom. The number of nitrogens with zero attached hydrogens (tertiary/aromatic N) is 1. The molecule has 21 heavy (non-hydrogen) atoms. The van der Waals surface area contributed by atoms with Crippen molar-refractivity contribution < 1.29 is 9.59 Å². The van der Waals surface area contributed by atoms with Gasteiger partial charge in [0.1, 0.15) is 0 Å². The van der Waals surface area contributed by atoms with Crippen LogP contribution in [0.3, 0.4) is 0 Å². The topological polar surface area (TPSA) is 75.4 Å². The molecular weight excluding hydrogens is 286 g/mol. The summed E-state index contributed by atoms with van der Waals surface area (Å²) >= 11 is 1.11. The standard InChI is InChI=1S/C15H15N3O2S/c16-14(19)12-7-8-13(21-12)15(20)17-18-9-3-5-10-4-1-2-6-11(10)18/h1-2,4,6-8H,3,5,9H2,(H2,16,19)(H,17,20). The van der Waals surface area contributed by atoms with Crippen molar-refractivity contribution in [3.05, 3.63) is 51.7 Å². The van der Waals surface area contributed by atoms with Crippen LogP contribution in [0.2, 0.25) is 0 Å². The third-order valence-corrected chi connectivity index (χ3v) is 4.52. The van der Waals surface area contributed by atoms with Crippen LogP contribution >= 0.6 is 11.3 Å². The smallest absolute Gasteiger partial charge is 0.279 e. The summed E-state index contributed by atoms with van der Waals surface area (Å²) in [7, 11) is 0. The van der Waals surface area contributed by atoms with Crippen molar-refractivity contribution in [2.75, 3.05) is 11.6 Å². The number of aryl methyl sites for hydroxylation is 1. The molecule has 0 spiro atoms. The van der Waals surface area contributed by atoms with Crippen LogP contribution in [0.5, 0.6) is 0 Å². The third-order valence-electron chi connectivity index (χ3n) is 3.42. The fourth-order valence-corrected chi connectivity index (χ4v) is 3.17.